The van der Waals surface area contributed by atoms with E-state index in [2.05, 4.69) is 0 Å². The zero-order valence-electron chi connectivity index (χ0n) is 9.61. The van der Waals surface area contributed by atoms with Crippen LogP contribution in [0.5, 0.6) is 5.75 Å². The minimum atomic E-state index is -2.58. The minimum Gasteiger partial charge on any atom is -0.488 e. The quantitative estimate of drug-likeness (QED) is 0.865. The molecule has 5 heteroatoms. The Hall–Kier alpha value is -1.65. The minimum absolute atomic E-state index is 0.0421. The van der Waals surface area contributed by atoms with E-state index < -0.39 is 19.0 Å². The zero-order chi connectivity index (χ0) is 13.0. The van der Waals surface area contributed by atoms with Crippen molar-refractivity contribution in [3.8, 4) is 5.75 Å². The monoisotopic (exact) mass is 244 g/mol. The Morgan fingerprint density at radius 3 is 2.47 bits per heavy atom. The first-order valence-corrected chi connectivity index (χ1v) is 5.19. The first-order chi connectivity index (χ1) is 7.90. The molecule has 0 unspecified atom stereocenters. The number of benzene rings is 1. The van der Waals surface area contributed by atoms with Crippen molar-refractivity contribution in [3.05, 3.63) is 29.3 Å². The van der Waals surface area contributed by atoms with Gasteiger partial charge in [0.25, 0.3) is 6.43 Å². The van der Waals surface area contributed by atoms with Crippen molar-refractivity contribution < 1.29 is 23.4 Å². The fourth-order valence-electron chi connectivity index (χ4n) is 1.32. The van der Waals surface area contributed by atoms with Crippen molar-refractivity contribution in [1.29, 1.82) is 0 Å². The van der Waals surface area contributed by atoms with Crippen molar-refractivity contribution in [1.82, 2.24) is 0 Å². The average molecular weight is 244 g/mol. The second-order valence-corrected chi connectivity index (χ2v) is 3.95. The van der Waals surface area contributed by atoms with Crippen molar-refractivity contribution in [3.63, 3.8) is 0 Å². The molecule has 0 aliphatic rings. The molecule has 0 bridgehead atoms. The van der Waals surface area contributed by atoms with Gasteiger partial charge in [0.05, 0.1) is 5.56 Å². The fourth-order valence-corrected chi connectivity index (χ4v) is 1.32. The maximum atomic E-state index is 12.0. The highest BCUT2D eigenvalue weighted by molar-refractivity contribution is 5.88. The van der Waals surface area contributed by atoms with Crippen LogP contribution >= 0.6 is 0 Å². The molecule has 3 nitrogen and oxygen atoms in total. The summed E-state index contributed by atoms with van der Waals surface area (Å²) in [5, 5.41) is 8.89. The number of carbonyl (C=O) groups is 1. The molecule has 1 N–H and O–H groups in total. The van der Waals surface area contributed by atoms with Gasteiger partial charge in [-0.25, -0.2) is 13.6 Å². The second kappa shape index (κ2) is 5.61. The second-order valence-electron chi connectivity index (χ2n) is 3.95. The van der Waals surface area contributed by atoms with Crippen LogP contribution in [0.15, 0.2) is 18.2 Å². The third-order valence-corrected chi connectivity index (χ3v) is 2.22. The highest BCUT2D eigenvalue weighted by Crippen LogP contribution is 2.23. The summed E-state index contributed by atoms with van der Waals surface area (Å²) in [7, 11) is 0. The predicted molar refractivity (Wildman–Crippen MR) is 59.0 cm³/mol. The van der Waals surface area contributed by atoms with Gasteiger partial charge in [-0.2, -0.15) is 0 Å². The fraction of sp³-hybridized carbons (Fsp3) is 0.417. The Morgan fingerprint density at radius 1 is 1.35 bits per heavy atom. The molecule has 0 saturated carbocycles. The van der Waals surface area contributed by atoms with Gasteiger partial charge in [0, 0.05) is 0 Å². The number of hydrogen-bond acceptors (Lipinski definition) is 2. The van der Waals surface area contributed by atoms with E-state index >= 15 is 0 Å². The van der Waals surface area contributed by atoms with Gasteiger partial charge in [0.15, 0.2) is 0 Å². The molecule has 0 spiro atoms. The smallest absolute Gasteiger partial charge is 0.335 e. The van der Waals surface area contributed by atoms with Crippen molar-refractivity contribution in [2.75, 3.05) is 6.61 Å². The Morgan fingerprint density at radius 2 is 2.00 bits per heavy atom. The normalized spacial score (nSPS) is 10.9. The molecule has 0 atom stereocenters. The first-order valence-electron chi connectivity index (χ1n) is 5.19. The van der Waals surface area contributed by atoms with Crippen LogP contribution in [0.4, 0.5) is 8.78 Å². The number of rotatable bonds is 5. The lowest BCUT2D eigenvalue weighted by atomic mass is 10.0. The van der Waals surface area contributed by atoms with E-state index in [-0.39, 0.29) is 17.2 Å². The Bertz CT molecular complexity index is 403. The van der Waals surface area contributed by atoms with Gasteiger partial charge in [-0.05, 0) is 29.7 Å². The van der Waals surface area contributed by atoms with Gasteiger partial charge in [0.2, 0.25) is 0 Å². The van der Waals surface area contributed by atoms with E-state index in [1.165, 1.54) is 12.1 Å². The van der Waals surface area contributed by atoms with E-state index in [1.807, 2.05) is 13.8 Å². The van der Waals surface area contributed by atoms with E-state index in [0.717, 1.165) is 5.56 Å². The van der Waals surface area contributed by atoms with Crippen LogP contribution in [0.3, 0.4) is 0 Å². The maximum absolute atomic E-state index is 12.0. The lowest BCUT2D eigenvalue weighted by Gasteiger charge is -2.11. The topological polar surface area (TPSA) is 46.5 Å². The Labute approximate surface area is 98.0 Å². The van der Waals surface area contributed by atoms with Gasteiger partial charge in [-0.1, -0.05) is 13.8 Å². The average Bonchev–Trinajstić information content (AvgIpc) is 2.25. The van der Waals surface area contributed by atoms with Crippen LogP contribution in [0.25, 0.3) is 0 Å². The Balaban J connectivity index is 2.99. The Kier molecular flexibility index (Phi) is 4.43. The molecule has 1 aromatic carbocycles. The molecule has 0 heterocycles. The standard InChI is InChI=1S/C12H14F2O3/c1-7(2)8-3-9(12(15)16)5-10(4-8)17-6-11(13)14/h3-5,7,11H,6H2,1-2H3,(H,15,16). The summed E-state index contributed by atoms with van der Waals surface area (Å²) in [4.78, 5) is 10.9. The van der Waals surface area contributed by atoms with Crippen molar-refractivity contribution >= 4 is 5.97 Å². The van der Waals surface area contributed by atoms with Gasteiger partial charge >= 0.3 is 5.97 Å². The largest absolute Gasteiger partial charge is 0.488 e. The third kappa shape index (κ3) is 4.01. The lowest BCUT2D eigenvalue weighted by molar-refractivity contribution is 0.0695. The summed E-state index contributed by atoms with van der Waals surface area (Å²) in [6, 6.07) is 4.35. The van der Waals surface area contributed by atoms with Crippen LogP contribution in [-0.2, 0) is 0 Å². The molecule has 1 rings (SSSR count). The molecule has 0 aliphatic heterocycles. The number of ether oxygens (including phenoxy) is 1. The SMILES string of the molecule is CC(C)c1cc(OCC(F)F)cc(C(=O)O)c1. The number of halogens is 2. The highest BCUT2D eigenvalue weighted by Gasteiger charge is 2.11. The molecule has 0 aliphatic carbocycles. The van der Waals surface area contributed by atoms with E-state index in [0.29, 0.717) is 0 Å². The van der Waals surface area contributed by atoms with Gasteiger partial charge in [0.1, 0.15) is 12.4 Å². The first kappa shape index (κ1) is 13.4. The van der Waals surface area contributed by atoms with Gasteiger partial charge in [-0.15, -0.1) is 0 Å². The molecule has 17 heavy (non-hydrogen) atoms. The number of carboxylic acid groups (broad SMARTS) is 1. The molecule has 0 saturated heterocycles. The van der Waals surface area contributed by atoms with E-state index in [1.54, 1.807) is 6.07 Å². The summed E-state index contributed by atoms with van der Waals surface area (Å²) in [6.45, 7) is 3.04. The molecule has 1 aromatic rings. The van der Waals surface area contributed by atoms with Gasteiger partial charge in [-0.3, -0.25) is 0 Å². The van der Waals surface area contributed by atoms with Crippen LogP contribution in [0, 0.1) is 0 Å². The van der Waals surface area contributed by atoms with Crippen LogP contribution in [0.1, 0.15) is 35.7 Å². The van der Waals surface area contributed by atoms with Crippen LogP contribution < -0.4 is 4.74 Å². The lowest BCUT2D eigenvalue weighted by Crippen LogP contribution is -2.08. The van der Waals surface area contributed by atoms with Gasteiger partial charge < -0.3 is 9.84 Å². The van der Waals surface area contributed by atoms with E-state index in [9.17, 15) is 13.6 Å². The molecule has 0 aromatic heterocycles. The number of hydrogen-bond donors (Lipinski definition) is 1. The third-order valence-electron chi connectivity index (χ3n) is 2.22. The molecular formula is C12H14F2O3. The number of carboxylic acids is 1. The maximum Gasteiger partial charge on any atom is 0.335 e. The highest BCUT2D eigenvalue weighted by atomic mass is 19.3. The van der Waals surface area contributed by atoms with Crippen molar-refractivity contribution in [2.24, 2.45) is 0 Å². The molecular weight excluding hydrogens is 230 g/mol. The summed E-state index contributed by atoms with van der Waals surface area (Å²) in [5.41, 5.74) is 0.787. The number of alkyl halides is 2. The van der Waals surface area contributed by atoms with Crippen molar-refractivity contribution in [2.45, 2.75) is 26.2 Å². The van der Waals surface area contributed by atoms with Crippen LogP contribution in [-0.4, -0.2) is 24.1 Å². The van der Waals surface area contributed by atoms with E-state index in [4.69, 9.17) is 9.84 Å². The number of aromatic carboxylic acids is 1. The summed E-state index contributed by atoms with van der Waals surface area (Å²) in [5.74, 6) is -0.841. The summed E-state index contributed by atoms with van der Waals surface area (Å²) in [6.07, 6.45) is -2.58. The molecule has 94 valence electrons. The summed E-state index contributed by atoms with van der Waals surface area (Å²) < 4.78 is 28.8. The summed E-state index contributed by atoms with van der Waals surface area (Å²) >= 11 is 0. The zero-order valence-corrected chi connectivity index (χ0v) is 9.61. The predicted octanol–water partition coefficient (Wildman–Crippen LogP) is 3.15. The molecule has 0 fully saturated rings. The molecule has 0 radical (unpaired) electrons. The molecule has 0 amide bonds. The van der Waals surface area contributed by atoms with Crippen LogP contribution in [0.2, 0.25) is 0 Å².